The van der Waals surface area contributed by atoms with Gasteiger partial charge in [-0.2, -0.15) is 5.26 Å². The van der Waals surface area contributed by atoms with Crippen LogP contribution in [-0.2, 0) is 16.1 Å². The minimum atomic E-state index is -0.593. The number of carbonyl (C=O) groups is 1. The first kappa shape index (κ1) is 20.9. The fourth-order valence-electron chi connectivity index (χ4n) is 2.67. The minimum absolute atomic E-state index is 0.228. The highest BCUT2D eigenvalue weighted by Gasteiger charge is 2.14. The summed E-state index contributed by atoms with van der Waals surface area (Å²) in [6.07, 6.45) is -0.593. The van der Waals surface area contributed by atoms with Crippen molar-refractivity contribution in [1.82, 2.24) is 0 Å². The summed E-state index contributed by atoms with van der Waals surface area (Å²) in [5, 5.41) is 11.8. The van der Waals surface area contributed by atoms with Crippen molar-refractivity contribution in [1.29, 1.82) is 5.26 Å². The van der Waals surface area contributed by atoms with Gasteiger partial charge >= 0.3 is 0 Å². The van der Waals surface area contributed by atoms with Gasteiger partial charge in [0.25, 0.3) is 5.91 Å². The van der Waals surface area contributed by atoms with E-state index in [0.29, 0.717) is 35.1 Å². The van der Waals surface area contributed by atoms with E-state index in [2.05, 4.69) is 11.4 Å². The topological polar surface area (TPSA) is 80.6 Å². The third-order valence-corrected chi connectivity index (χ3v) is 4.35. The lowest BCUT2D eigenvalue weighted by molar-refractivity contribution is -0.127. The third-order valence-electron chi connectivity index (χ3n) is 4.35. The maximum absolute atomic E-state index is 12.3. The summed E-state index contributed by atoms with van der Waals surface area (Å²) in [6, 6.07) is 23.7. The molecule has 0 spiro atoms. The average molecular weight is 402 g/mol. The van der Waals surface area contributed by atoms with Crippen LogP contribution >= 0.6 is 0 Å². The Labute approximate surface area is 175 Å². The Morgan fingerprint density at radius 3 is 2.43 bits per heavy atom. The van der Waals surface area contributed by atoms with E-state index in [1.807, 2.05) is 30.3 Å². The molecule has 1 N–H and O–H groups in total. The maximum atomic E-state index is 12.3. The maximum Gasteiger partial charge on any atom is 0.253 e. The first-order valence-corrected chi connectivity index (χ1v) is 9.41. The number of rotatable bonds is 8. The Hall–Kier alpha value is -3.82. The summed E-state index contributed by atoms with van der Waals surface area (Å²) in [7, 11) is 1.52. The van der Waals surface area contributed by atoms with Gasteiger partial charge < -0.3 is 19.5 Å². The smallest absolute Gasteiger partial charge is 0.253 e. The van der Waals surface area contributed by atoms with E-state index in [0.717, 1.165) is 5.56 Å². The van der Waals surface area contributed by atoms with Crippen LogP contribution in [0.1, 0.15) is 18.1 Å². The van der Waals surface area contributed by atoms with Crippen molar-refractivity contribution in [2.45, 2.75) is 19.6 Å². The van der Waals surface area contributed by atoms with Gasteiger partial charge in [0.2, 0.25) is 0 Å². The number of hydrogen-bond donors (Lipinski definition) is 1. The molecular formula is C24H22N2O4. The van der Waals surface area contributed by atoms with Gasteiger partial charge in [0, 0.05) is 11.8 Å². The Bertz CT molecular complexity index is 1030. The second kappa shape index (κ2) is 10.1. The molecule has 6 nitrogen and oxygen atoms in total. The number of anilines is 1. The summed E-state index contributed by atoms with van der Waals surface area (Å²) < 4.78 is 16.7. The highest BCUT2D eigenvalue weighted by Crippen LogP contribution is 2.32. The second-order valence-corrected chi connectivity index (χ2v) is 6.53. The highest BCUT2D eigenvalue weighted by molar-refractivity contribution is 5.93. The van der Waals surface area contributed by atoms with Crippen molar-refractivity contribution in [3.8, 4) is 23.3 Å². The van der Waals surface area contributed by atoms with E-state index >= 15 is 0 Å². The Balaban J connectivity index is 1.56. The van der Waals surface area contributed by atoms with Gasteiger partial charge in [-0.05, 0) is 48.9 Å². The van der Waals surface area contributed by atoms with Gasteiger partial charge in [0.15, 0.2) is 11.5 Å². The molecule has 0 radical (unpaired) electrons. The van der Waals surface area contributed by atoms with Gasteiger partial charge in [-0.1, -0.05) is 30.3 Å². The second-order valence-electron chi connectivity index (χ2n) is 6.53. The number of nitriles is 1. The first-order valence-electron chi connectivity index (χ1n) is 9.41. The zero-order valence-corrected chi connectivity index (χ0v) is 16.8. The van der Waals surface area contributed by atoms with Crippen LogP contribution in [0, 0.1) is 11.3 Å². The number of nitrogens with zero attached hydrogens (tertiary/aromatic N) is 1. The summed E-state index contributed by atoms with van der Waals surface area (Å²) in [5.74, 6) is 1.31. The van der Waals surface area contributed by atoms with E-state index in [1.165, 1.54) is 7.11 Å². The summed E-state index contributed by atoms with van der Waals surface area (Å²) in [4.78, 5) is 12.3. The number of carbonyl (C=O) groups excluding carboxylic acids is 1. The van der Waals surface area contributed by atoms with Crippen LogP contribution in [0.5, 0.6) is 17.2 Å². The van der Waals surface area contributed by atoms with Crippen LogP contribution < -0.4 is 14.8 Å². The Morgan fingerprint density at radius 2 is 1.77 bits per heavy atom. The average Bonchev–Trinajstić information content (AvgIpc) is 2.79. The molecule has 1 amide bonds. The van der Waals surface area contributed by atoms with E-state index in [-0.39, 0.29) is 5.91 Å². The number of benzene rings is 3. The van der Waals surface area contributed by atoms with Gasteiger partial charge in [-0.15, -0.1) is 0 Å². The first-order chi connectivity index (χ1) is 14.6. The lowest BCUT2D eigenvalue weighted by Gasteiger charge is -2.14. The van der Waals surface area contributed by atoms with Crippen molar-refractivity contribution < 1.29 is 19.0 Å². The normalized spacial score (nSPS) is 11.2. The molecule has 3 aromatic carbocycles. The predicted octanol–water partition coefficient (Wildman–Crippen LogP) is 4.90. The number of hydrogen-bond acceptors (Lipinski definition) is 5. The minimum Gasteiger partial charge on any atom is -0.493 e. The zero-order valence-electron chi connectivity index (χ0n) is 16.8. The Kier molecular flexibility index (Phi) is 7.04. The molecule has 0 bridgehead atoms. The number of amides is 1. The van der Waals surface area contributed by atoms with Crippen LogP contribution in [0.4, 0.5) is 5.69 Å². The molecule has 0 heterocycles. The molecule has 1 unspecified atom stereocenters. The SMILES string of the molecule is COc1cc(C#N)ccc1Oc1ccc(NC(=O)C(C)OCc2ccccc2)cc1. The molecule has 6 heteroatoms. The van der Waals surface area contributed by atoms with Crippen molar-refractivity contribution in [3.63, 3.8) is 0 Å². The van der Waals surface area contributed by atoms with Crippen LogP contribution in [0.25, 0.3) is 0 Å². The van der Waals surface area contributed by atoms with Gasteiger partial charge in [-0.3, -0.25) is 4.79 Å². The van der Waals surface area contributed by atoms with Crippen molar-refractivity contribution in [2.24, 2.45) is 0 Å². The van der Waals surface area contributed by atoms with E-state index in [9.17, 15) is 4.79 Å². The monoisotopic (exact) mass is 402 g/mol. The third kappa shape index (κ3) is 5.60. The van der Waals surface area contributed by atoms with Crippen molar-refractivity contribution in [3.05, 3.63) is 83.9 Å². The van der Waals surface area contributed by atoms with Gasteiger partial charge in [-0.25, -0.2) is 0 Å². The number of nitrogens with one attached hydrogen (secondary N) is 1. The highest BCUT2D eigenvalue weighted by atomic mass is 16.5. The molecule has 0 saturated carbocycles. The molecule has 0 aliphatic carbocycles. The Morgan fingerprint density at radius 1 is 1.03 bits per heavy atom. The quantitative estimate of drug-likeness (QED) is 0.579. The molecule has 0 aliphatic rings. The van der Waals surface area contributed by atoms with Crippen molar-refractivity contribution >= 4 is 11.6 Å². The molecule has 30 heavy (non-hydrogen) atoms. The van der Waals surface area contributed by atoms with Gasteiger partial charge in [0.1, 0.15) is 11.9 Å². The van der Waals surface area contributed by atoms with E-state index in [1.54, 1.807) is 49.4 Å². The van der Waals surface area contributed by atoms with Crippen LogP contribution in [0.2, 0.25) is 0 Å². The molecule has 0 aromatic heterocycles. The standard InChI is InChI=1S/C24H22N2O4/c1-17(29-16-18-6-4-3-5-7-18)24(27)26-20-9-11-21(12-10-20)30-22-13-8-19(15-25)14-23(22)28-2/h3-14,17H,16H2,1-2H3,(H,26,27). The summed E-state index contributed by atoms with van der Waals surface area (Å²) in [5.41, 5.74) is 2.13. The summed E-state index contributed by atoms with van der Waals surface area (Å²) >= 11 is 0. The van der Waals surface area contributed by atoms with Crippen LogP contribution in [0.15, 0.2) is 72.8 Å². The zero-order chi connectivity index (χ0) is 21.3. The lowest BCUT2D eigenvalue weighted by Crippen LogP contribution is -2.27. The number of ether oxygens (including phenoxy) is 3. The molecule has 0 aliphatic heterocycles. The molecule has 0 saturated heterocycles. The molecule has 0 fully saturated rings. The molecule has 3 aromatic rings. The largest absolute Gasteiger partial charge is 0.493 e. The van der Waals surface area contributed by atoms with Crippen LogP contribution in [0.3, 0.4) is 0 Å². The summed E-state index contributed by atoms with van der Waals surface area (Å²) in [6.45, 7) is 2.08. The van der Waals surface area contributed by atoms with Gasteiger partial charge in [0.05, 0.1) is 25.3 Å². The fraction of sp³-hybridized carbons (Fsp3) is 0.167. The molecule has 3 rings (SSSR count). The van der Waals surface area contributed by atoms with E-state index < -0.39 is 6.10 Å². The lowest BCUT2D eigenvalue weighted by atomic mass is 10.2. The van der Waals surface area contributed by atoms with E-state index in [4.69, 9.17) is 19.5 Å². The number of methoxy groups -OCH3 is 1. The van der Waals surface area contributed by atoms with Crippen molar-refractivity contribution in [2.75, 3.05) is 12.4 Å². The molecule has 1 atom stereocenters. The van der Waals surface area contributed by atoms with Crippen LogP contribution in [-0.4, -0.2) is 19.1 Å². The fourth-order valence-corrected chi connectivity index (χ4v) is 2.67. The predicted molar refractivity (Wildman–Crippen MR) is 114 cm³/mol. The molecule has 152 valence electrons. The molecular weight excluding hydrogens is 380 g/mol.